The summed E-state index contributed by atoms with van der Waals surface area (Å²) in [6.45, 7) is 1.34. The van der Waals surface area contributed by atoms with Gasteiger partial charge in [-0.15, -0.1) is 0 Å². The summed E-state index contributed by atoms with van der Waals surface area (Å²) in [6.07, 6.45) is 5.08. The molecule has 1 fully saturated rings. The van der Waals surface area contributed by atoms with E-state index in [0.717, 1.165) is 24.9 Å². The second-order valence-electron chi connectivity index (χ2n) is 5.76. The summed E-state index contributed by atoms with van der Waals surface area (Å²) in [4.78, 5) is 28.1. The molecular weight excluding hydrogens is 304 g/mol. The molecule has 2 aromatic rings. The van der Waals surface area contributed by atoms with Crippen molar-refractivity contribution in [3.63, 3.8) is 0 Å². The number of rotatable bonds is 5. The third kappa shape index (κ3) is 4.17. The number of nitrogens with zero attached hydrogens (tertiary/aromatic N) is 1. The maximum absolute atomic E-state index is 12.1. The summed E-state index contributed by atoms with van der Waals surface area (Å²) in [5.74, 6) is -0.160. The standard InChI is InChI=1S/C18H20N4O2/c23-17(14-6-9-19-10-7-14)22-15-4-1-3-13(11-15)12-21-18(24)16-5-2-8-20-16/h1,3-4,6-7,9-11,16,20H,2,5,8,12H2,(H,21,24)(H,22,23). The first-order chi connectivity index (χ1) is 11.7. The molecule has 124 valence electrons. The van der Waals surface area contributed by atoms with Crippen molar-refractivity contribution >= 4 is 17.5 Å². The van der Waals surface area contributed by atoms with Gasteiger partial charge in [-0.25, -0.2) is 0 Å². The SMILES string of the molecule is O=C(Nc1cccc(CNC(=O)C2CCCN2)c1)c1ccncc1. The van der Waals surface area contributed by atoms with Gasteiger partial charge in [0.1, 0.15) is 0 Å². The Balaban J connectivity index is 1.57. The molecule has 3 rings (SSSR count). The first-order valence-electron chi connectivity index (χ1n) is 8.04. The fraction of sp³-hybridized carbons (Fsp3) is 0.278. The summed E-state index contributed by atoms with van der Waals surface area (Å²) in [5, 5.41) is 8.95. The minimum atomic E-state index is -0.186. The van der Waals surface area contributed by atoms with E-state index in [4.69, 9.17) is 0 Å². The molecule has 1 aromatic carbocycles. The minimum Gasteiger partial charge on any atom is -0.351 e. The molecule has 1 atom stereocenters. The summed E-state index contributed by atoms with van der Waals surface area (Å²) < 4.78 is 0. The first-order valence-corrected chi connectivity index (χ1v) is 8.04. The number of carbonyl (C=O) groups is 2. The maximum atomic E-state index is 12.1. The first kappa shape index (κ1) is 16.1. The Kier molecular flexibility index (Phi) is 5.18. The zero-order chi connectivity index (χ0) is 16.8. The summed E-state index contributed by atoms with van der Waals surface area (Å²) in [6, 6.07) is 10.7. The van der Waals surface area contributed by atoms with Crippen LogP contribution in [0.1, 0.15) is 28.8 Å². The van der Waals surface area contributed by atoms with Gasteiger partial charge in [0.05, 0.1) is 6.04 Å². The molecular formula is C18H20N4O2. The van der Waals surface area contributed by atoms with E-state index in [1.807, 2.05) is 24.3 Å². The average Bonchev–Trinajstić information content (AvgIpc) is 3.15. The van der Waals surface area contributed by atoms with Gasteiger partial charge in [-0.3, -0.25) is 14.6 Å². The van der Waals surface area contributed by atoms with Crippen molar-refractivity contribution in [3.05, 3.63) is 59.9 Å². The number of anilines is 1. The Morgan fingerprint density at radius 3 is 2.79 bits per heavy atom. The van der Waals surface area contributed by atoms with Gasteiger partial charge in [0.15, 0.2) is 0 Å². The van der Waals surface area contributed by atoms with E-state index in [2.05, 4.69) is 20.9 Å². The van der Waals surface area contributed by atoms with E-state index in [-0.39, 0.29) is 17.9 Å². The number of pyridine rings is 1. The largest absolute Gasteiger partial charge is 0.351 e. The maximum Gasteiger partial charge on any atom is 0.255 e. The lowest BCUT2D eigenvalue weighted by molar-refractivity contribution is -0.122. The number of hydrogen-bond donors (Lipinski definition) is 3. The van der Waals surface area contributed by atoms with E-state index in [1.165, 1.54) is 0 Å². The van der Waals surface area contributed by atoms with Crippen LogP contribution in [-0.2, 0) is 11.3 Å². The van der Waals surface area contributed by atoms with Crippen LogP contribution in [0.25, 0.3) is 0 Å². The predicted octanol–water partition coefficient (Wildman–Crippen LogP) is 1.70. The topological polar surface area (TPSA) is 83.1 Å². The Labute approximate surface area is 140 Å². The zero-order valence-electron chi connectivity index (χ0n) is 13.3. The molecule has 0 bridgehead atoms. The van der Waals surface area contributed by atoms with Crippen LogP contribution < -0.4 is 16.0 Å². The Hall–Kier alpha value is -2.73. The zero-order valence-corrected chi connectivity index (χ0v) is 13.3. The molecule has 6 nitrogen and oxygen atoms in total. The highest BCUT2D eigenvalue weighted by Crippen LogP contribution is 2.13. The van der Waals surface area contributed by atoms with Crippen LogP contribution in [-0.4, -0.2) is 29.4 Å². The molecule has 0 radical (unpaired) electrons. The molecule has 0 spiro atoms. The predicted molar refractivity (Wildman–Crippen MR) is 91.5 cm³/mol. The van der Waals surface area contributed by atoms with Crippen molar-refractivity contribution in [2.45, 2.75) is 25.4 Å². The van der Waals surface area contributed by atoms with Gasteiger partial charge < -0.3 is 16.0 Å². The Bertz CT molecular complexity index is 712. The van der Waals surface area contributed by atoms with Gasteiger partial charge >= 0.3 is 0 Å². The summed E-state index contributed by atoms with van der Waals surface area (Å²) >= 11 is 0. The molecule has 1 saturated heterocycles. The average molecular weight is 324 g/mol. The smallest absolute Gasteiger partial charge is 0.255 e. The lowest BCUT2D eigenvalue weighted by atomic mass is 10.1. The minimum absolute atomic E-state index is 0.0266. The van der Waals surface area contributed by atoms with Crippen LogP contribution in [0.2, 0.25) is 0 Å². The molecule has 2 heterocycles. The second kappa shape index (κ2) is 7.70. The molecule has 1 unspecified atom stereocenters. The van der Waals surface area contributed by atoms with Gasteiger partial charge in [-0.2, -0.15) is 0 Å². The lowest BCUT2D eigenvalue weighted by Crippen LogP contribution is -2.39. The van der Waals surface area contributed by atoms with Crippen LogP contribution in [0, 0.1) is 0 Å². The van der Waals surface area contributed by atoms with Crippen molar-refractivity contribution in [1.82, 2.24) is 15.6 Å². The Morgan fingerprint density at radius 2 is 2.04 bits per heavy atom. The fourth-order valence-electron chi connectivity index (χ4n) is 2.69. The number of carbonyl (C=O) groups excluding carboxylic acids is 2. The fourth-order valence-corrected chi connectivity index (χ4v) is 2.69. The highest BCUT2D eigenvalue weighted by atomic mass is 16.2. The highest BCUT2D eigenvalue weighted by Gasteiger charge is 2.21. The van der Waals surface area contributed by atoms with Gasteiger partial charge in [0.25, 0.3) is 5.91 Å². The molecule has 0 aliphatic carbocycles. The Morgan fingerprint density at radius 1 is 1.21 bits per heavy atom. The van der Waals surface area contributed by atoms with Gasteiger partial charge in [0, 0.05) is 30.2 Å². The van der Waals surface area contributed by atoms with E-state index in [0.29, 0.717) is 17.8 Å². The molecule has 6 heteroatoms. The molecule has 3 N–H and O–H groups in total. The number of aromatic nitrogens is 1. The van der Waals surface area contributed by atoms with Crippen LogP contribution in [0.4, 0.5) is 5.69 Å². The molecule has 24 heavy (non-hydrogen) atoms. The normalized spacial score (nSPS) is 16.6. The number of nitrogens with one attached hydrogen (secondary N) is 3. The molecule has 1 aliphatic heterocycles. The summed E-state index contributed by atoms with van der Waals surface area (Å²) in [7, 11) is 0. The quantitative estimate of drug-likeness (QED) is 0.782. The van der Waals surface area contributed by atoms with Gasteiger partial charge in [-0.05, 0) is 49.2 Å². The third-order valence-electron chi connectivity index (χ3n) is 3.97. The van der Waals surface area contributed by atoms with Crippen molar-refractivity contribution in [2.75, 3.05) is 11.9 Å². The number of benzene rings is 1. The monoisotopic (exact) mass is 324 g/mol. The summed E-state index contributed by atoms with van der Waals surface area (Å²) in [5.41, 5.74) is 2.19. The van der Waals surface area contributed by atoms with Crippen molar-refractivity contribution < 1.29 is 9.59 Å². The molecule has 1 aliphatic rings. The van der Waals surface area contributed by atoms with Crippen molar-refractivity contribution in [3.8, 4) is 0 Å². The number of amides is 2. The van der Waals surface area contributed by atoms with Gasteiger partial charge in [0.2, 0.25) is 5.91 Å². The molecule has 1 aromatic heterocycles. The number of hydrogen-bond acceptors (Lipinski definition) is 4. The molecule has 0 saturated carbocycles. The molecule has 2 amide bonds. The third-order valence-corrected chi connectivity index (χ3v) is 3.97. The van der Waals surface area contributed by atoms with Crippen molar-refractivity contribution in [2.24, 2.45) is 0 Å². The van der Waals surface area contributed by atoms with Gasteiger partial charge in [-0.1, -0.05) is 12.1 Å². The van der Waals surface area contributed by atoms with E-state index in [1.54, 1.807) is 24.5 Å². The van der Waals surface area contributed by atoms with E-state index in [9.17, 15) is 9.59 Å². The highest BCUT2D eigenvalue weighted by molar-refractivity contribution is 6.04. The van der Waals surface area contributed by atoms with Crippen LogP contribution in [0.5, 0.6) is 0 Å². The van der Waals surface area contributed by atoms with E-state index >= 15 is 0 Å². The van der Waals surface area contributed by atoms with Crippen LogP contribution in [0.15, 0.2) is 48.8 Å². The van der Waals surface area contributed by atoms with Crippen LogP contribution >= 0.6 is 0 Å². The second-order valence-corrected chi connectivity index (χ2v) is 5.76. The lowest BCUT2D eigenvalue weighted by Gasteiger charge is -2.12. The van der Waals surface area contributed by atoms with Crippen LogP contribution in [0.3, 0.4) is 0 Å². The van der Waals surface area contributed by atoms with Crippen molar-refractivity contribution in [1.29, 1.82) is 0 Å². The van der Waals surface area contributed by atoms with E-state index < -0.39 is 0 Å².